The summed E-state index contributed by atoms with van der Waals surface area (Å²) >= 11 is 12.0. The van der Waals surface area contributed by atoms with Gasteiger partial charge in [0.05, 0.1) is 11.0 Å². The molecule has 0 aliphatic carbocycles. The molecule has 1 aromatic heterocycles. The van der Waals surface area contributed by atoms with Gasteiger partial charge in [-0.15, -0.1) is 0 Å². The maximum Gasteiger partial charge on any atom is 0.143 e. The van der Waals surface area contributed by atoms with Crippen LogP contribution in [-0.4, -0.2) is 9.55 Å². The maximum absolute atomic E-state index is 6.03. The molecule has 0 saturated carbocycles. The summed E-state index contributed by atoms with van der Waals surface area (Å²) < 4.78 is 1.96. The van der Waals surface area contributed by atoms with Crippen LogP contribution in [0, 0.1) is 0 Å². The summed E-state index contributed by atoms with van der Waals surface area (Å²) in [6, 6.07) is 11.0. The Morgan fingerprint density at radius 3 is 2.53 bits per heavy atom. The lowest BCUT2D eigenvalue weighted by atomic mass is 10.1. The van der Waals surface area contributed by atoms with Gasteiger partial charge in [0.1, 0.15) is 5.82 Å². The molecular formula is C14H11Cl2N3. The Labute approximate surface area is 120 Å². The molecule has 0 bridgehead atoms. The summed E-state index contributed by atoms with van der Waals surface area (Å²) in [5.41, 5.74) is 9.31. The molecule has 0 spiro atoms. The molecule has 0 aliphatic rings. The zero-order valence-electron chi connectivity index (χ0n) is 10.2. The van der Waals surface area contributed by atoms with Crippen LogP contribution in [0.5, 0.6) is 0 Å². The Hall–Kier alpha value is -1.71. The second-order valence-corrected chi connectivity index (χ2v) is 5.23. The number of nitrogens with zero attached hydrogens (tertiary/aromatic N) is 2. The minimum absolute atomic E-state index is 0.634. The van der Waals surface area contributed by atoms with Gasteiger partial charge in [-0.05, 0) is 36.4 Å². The Balaban J connectivity index is 2.31. The minimum Gasteiger partial charge on any atom is -0.398 e. The summed E-state index contributed by atoms with van der Waals surface area (Å²) in [6.45, 7) is 0. The molecule has 5 heteroatoms. The van der Waals surface area contributed by atoms with Crippen LogP contribution in [0.4, 0.5) is 5.69 Å². The van der Waals surface area contributed by atoms with E-state index in [1.807, 2.05) is 35.9 Å². The number of imidazole rings is 1. The smallest absolute Gasteiger partial charge is 0.143 e. The summed E-state index contributed by atoms with van der Waals surface area (Å²) in [7, 11) is 1.93. The molecule has 3 nitrogen and oxygen atoms in total. The van der Waals surface area contributed by atoms with Gasteiger partial charge in [0.15, 0.2) is 0 Å². The quantitative estimate of drug-likeness (QED) is 0.685. The van der Waals surface area contributed by atoms with E-state index in [4.69, 9.17) is 28.9 Å². The summed E-state index contributed by atoms with van der Waals surface area (Å²) in [5, 5.41) is 1.32. The molecule has 1 heterocycles. The van der Waals surface area contributed by atoms with E-state index in [2.05, 4.69) is 4.98 Å². The van der Waals surface area contributed by atoms with E-state index >= 15 is 0 Å². The first-order valence-corrected chi connectivity index (χ1v) is 6.49. The second-order valence-electron chi connectivity index (χ2n) is 4.36. The second kappa shape index (κ2) is 4.44. The zero-order valence-corrected chi connectivity index (χ0v) is 11.7. The molecule has 0 saturated heterocycles. The van der Waals surface area contributed by atoms with Crippen molar-refractivity contribution in [2.45, 2.75) is 0 Å². The molecule has 3 rings (SSSR count). The Kier molecular flexibility index (Phi) is 2.88. The first-order valence-electron chi connectivity index (χ1n) is 5.73. The highest BCUT2D eigenvalue weighted by molar-refractivity contribution is 6.31. The number of hydrogen-bond donors (Lipinski definition) is 1. The SMILES string of the molecule is Cn1c(-c2cc(Cl)ccc2N)nc2ccc(Cl)cc21. The lowest BCUT2D eigenvalue weighted by molar-refractivity contribution is 0.960. The number of hydrogen-bond acceptors (Lipinski definition) is 2. The highest BCUT2D eigenvalue weighted by Gasteiger charge is 2.13. The number of anilines is 1. The predicted molar refractivity (Wildman–Crippen MR) is 80.6 cm³/mol. The third-order valence-corrected chi connectivity index (χ3v) is 3.57. The van der Waals surface area contributed by atoms with Crippen LogP contribution in [0.1, 0.15) is 0 Å². The third-order valence-electron chi connectivity index (χ3n) is 3.10. The van der Waals surface area contributed by atoms with E-state index in [0.717, 1.165) is 22.4 Å². The average molecular weight is 292 g/mol. The number of halogens is 2. The monoisotopic (exact) mass is 291 g/mol. The molecule has 0 unspecified atom stereocenters. The fourth-order valence-electron chi connectivity index (χ4n) is 2.13. The van der Waals surface area contributed by atoms with Gasteiger partial charge in [0.25, 0.3) is 0 Å². The van der Waals surface area contributed by atoms with Crippen LogP contribution in [0.25, 0.3) is 22.4 Å². The number of nitrogen functional groups attached to an aromatic ring is 1. The van der Waals surface area contributed by atoms with Crippen molar-refractivity contribution in [3.05, 3.63) is 46.4 Å². The van der Waals surface area contributed by atoms with Crippen molar-refractivity contribution in [2.24, 2.45) is 7.05 Å². The molecular weight excluding hydrogens is 281 g/mol. The van der Waals surface area contributed by atoms with Gasteiger partial charge in [-0.1, -0.05) is 23.2 Å². The Morgan fingerprint density at radius 1 is 1.05 bits per heavy atom. The van der Waals surface area contributed by atoms with Crippen LogP contribution in [0.15, 0.2) is 36.4 Å². The van der Waals surface area contributed by atoms with Crippen molar-refractivity contribution in [2.75, 3.05) is 5.73 Å². The van der Waals surface area contributed by atoms with Crippen molar-refractivity contribution in [3.63, 3.8) is 0 Å². The van der Waals surface area contributed by atoms with Crippen LogP contribution < -0.4 is 5.73 Å². The number of fused-ring (bicyclic) bond motifs is 1. The van der Waals surface area contributed by atoms with Crippen molar-refractivity contribution in [1.29, 1.82) is 0 Å². The van der Waals surface area contributed by atoms with Crippen molar-refractivity contribution in [3.8, 4) is 11.4 Å². The maximum atomic E-state index is 6.03. The molecule has 2 N–H and O–H groups in total. The standard InChI is InChI=1S/C14H11Cl2N3/c1-19-13-7-9(16)3-5-12(13)18-14(19)10-6-8(15)2-4-11(10)17/h2-7H,17H2,1H3. The van der Waals surface area contributed by atoms with E-state index in [-0.39, 0.29) is 0 Å². The topological polar surface area (TPSA) is 43.8 Å². The minimum atomic E-state index is 0.634. The number of rotatable bonds is 1. The van der Waals surface area contributed by atoms with Gasteiger partial charge in [-0.2, -0.15) is 0 Å². The summed E-state index contributed by atoms with van der Waals surface area (Å²) in [4.78, 5) is 4.59. The summed E-state index contributed by atoms with van der Waals surface area (Å²) in [6.07, 6.45) is 0. The van der Waals surface area contributed by atoms with Gasteiger partial charge >= 0.3 is 0 Å². The van der Waals surface area contributed by atoms with Crippen molar-refractivity contribution >= 4 is 39.9 Å². The van der Waals surface area contributed by atoms with E-state index in [9.17, 15) is 0 Å². The molecule has 0 fully saturated rings. The lowest BCUT2D eigenvalue weighted by Gasteiger charge is -2.06. The highest BCUT2D eigenvalue weighted by Crippen LogP contribution is 2.31. The van der Waals surface area contributed by atoms with E-state index in [0.29, 0.717) is 15.7 Å². The normalized spacial score (nSPS) is 11.1. The van der Waals surface area contributed by atoms with E-state index in [1.165, 1.54) is 0 Å². The molecule has 2 aromatic carbocycles. The number of nitrogens with two attached hydrogens (primary N) is 1. The van der Waals surface area contributed by atoms with Crippen LogP contribution in [0.3, 0.4) is 0 Å². The first-order chi connectivity index (χ1) is 9.06. The number of aromatic nitrogens is 2. The Morgan fingerprint density at radius 2 is 1.74 bits per heavy atom. The van der Waals surface area contributed by atoms with Gasteiger partial charge in [0.2, 0.25) is 0 Å². The fourth-order valence-corrected chi connectivity index (χ4v) is 2.46. The molecule has 0 amide bonds. The molecule has 19 heavy (non-hydrogen) atoms. The summed E-state index contributed by atoms with van der Waals surface area (Å²) in [5.74, 6) is 0.775. The molecule has 0 atom stereocenters. The molecule has 0 radical (unpaired) electrons. The van der Waals surface area contributed by atoms with E-state index in [1.54, 1.807) is 12.1 Å². The highest BCUT2D eigenvalue weighted by atomic mass is 35.5. The van der Waals surface area contributed by atoms with Gasteiger partial charge < -0.3 is 10.3 Å². The Bertz CT molecular complexity index is 778. The number of benzene rings is 2. The van der Waals surface area contributed by atoms with Crippen molar-refractivity contribution < 1.29 is 0 Å². The zero-order chi connectivity index (χ0) is 13.6. The van der Waals surface area contributed by atoms with Crippen LogP contribution in [0.2, 0.25) is 10.0 Å². The van der Waals surface area contributed by atoms with Crippen LogP contribution >= 0.6 is 23.2 Å². The fraction of sp³-hybridized carbons (Fsp3) is 0.0714. The first kappa shape index (κ1) is 12.3. The lowest BCUT2D eigenvalue weighted by Crippen LogP contribution is -1.96. The van der Waals surface area contributed by atoms with Gasteiger partial charge in [-0.25, -0.2) is 4.98 Å². The molecule has 3 aromatic rings. The number of aryl methyl sites for hydroxylation is 1. The van der Waals surface area contributed by atoms with Gasteiger partial charge in [0, 0.05) is 28.3 Å². The van der Waals surface area contributed by atoms with E-state index < -0.39 is 0 Å². The average Bonchev–Trinajstić information content (AvgIpc) is 2.70. The third kappa shape index (κ3) is 2.05. The molecule has 0 aliphatic heterocycles. The predicted octanol–water partition coefficient (Wildman–Crippen LogP) is 4.13. The van der Waals surface area contributed by atoms with Crippen LogP contribution in [-0.2, 0) is 7.05 Å². The van der Waals surface area contributed by atoms with Gasteiger partial charge in [-0.3, -0.25) is 0 Å². The van der Waals surface area contributed by atoms with Crippen molar-refractivity contribution in [1.82, 2.24) is 9.55 Å². The largest absolute Gasteiger partial charge is 0.398 e. The molecule has 96 valence electrons.